The number of phenols is 1. The van der Waals surface area contributed by atoms with Crippen molar-refractivity contribution in [3.63, 3.8) is 0 Å². The number of carbonyl (C=O) groups is 2. The number of halogens is 1. The molecule has 0 bridgehead atoms. The summed E-state index contributed by atoms with van der Waals surface area (Å²) in [6.07, 6.45) is 0. The fourth-order valence-corrected chi connectivity index (χ4v) is 3.64. The number of carbonyl (C=O) groups excluding carboxylic acids is 2. The smallest absolute Gasteiger partial charge is 0.273 e. The average molecular weight is 455 g/mol. The second-order valence-corrected chi connectivity index (χ2v) is 7.73. The maximum atomic E-state index is 14.1. The number of benzene rings is 3. The van der Waals surface area contributed by atoms with E-state index in [4.69, 9.17) is 4.42 Å². The van der Waals surface area contributed by atoms with Crippen LogP contribution >= 0.6 is 0 Å². The molecule has 0 saturated carbocycles. The molecule has 8 heteroatoms. The Bertz CT molecular complexity index is 1570. The van der Waals surface area contributed by atoms with E-state index in [1.165, 1.54) is 24.3 Å². The highest BCUT2D eigenvalue weighted by molar-refractivity contribution is 6.18. The third kappa shape index (κ3) is 3.71. The normalized spacial score (nSPS) is 11.0. The van der Waals surface area contributed by atoms with E-state index >= 15 is 0 Å². The summed E-state index contributed by atoms with van der Waals surface area (Å²) in [6.45, 7) is 1.60. The molecule has 7 nitrogen and oxygen atoms in total. The van der Waals surface area contributed by atoms with Crippen molar-refractivity contribution in [2.45, 2.75) is 6.92 Å². The first-order chi connectivity index (χ1) is 16.4. The van der Waals surface area contributed by atoms with Gasteiger partial charge in [-0.05, 0) is 48.9 Å². The fraction of sp³-hybridized carbons (Fsp3) is 0.0385. The van der Waals surface area contributed by atoms with Crippen molar-refractivity contribution in [3.05, 3.63) is 101 Å². The van der Waals surface area contributed by atoms with Crippen molar-refractivity contribution in [2.75, 3.05) is 5.32 Å². The van der Waals surface area contributed by atoms with Crippen LogP contribution in [0.15, 0.2) is 77.2 Å². The number of hydrogen-bond donors (Lipinski definition) is 3. The molecule has 0 atom stereocenters. The number of rotatable bonds is 5. The first-order valence-electron chi connectivity index (χ1n) is 10.4. The third-order valence-electron chi connectivity index (χ3n) is 5.48. The van der Waals surface area contributed by atoms with Crippen LogP contribution in [0, 0.1) is 12.7 Å². The Labute approximate surface area is 192 Å². The molecule has 5 rings (SSSR count). The zero-order valence-corrected chi connectivity index (χ0v) is 17.9. The lowest BCUT2D eigenvalue weighted by atomic mass is 10.0. The number of phenolic OH excluding ortho intramolecular Hbond substituents is 1. The molecule has 0 aliphatic rings. The number of hydrogen-bond acceptors (Lipinski definition) is 5. The number of anilines is 1. The van der Waals surface area contributed by atoms with Gasteiger partial charge in [0.1, 0.15) is 22.8 Å². The Balaban J connectivity index is 1.51. The predicted molar refractivity (Wildman–Crippen MR) is 124 cm³/mol. The second-order valence-electron chi connectivity index (χ2n) is 7.73. The number of nitrogens with one attached hydrogen (secondary N) is 2. The number of amides is 1. The number of ketones is 1. The van der Waals surface area contributed by atoms with Gasteiger partial charge in [-0.1, -0.05) is 36.4 Å². The first-order valence-corrected chi connectivity index (χ1v) is 10.4. The molecule has 0 saturated heterocycles. The van der Waals surface area contributed by atoms with Gasteiger partial charge in [-0.2, -0.15) is 5.10 Å². The SMILES string of the molecule is Cc1ccc(C(=O)c2oc3ccccc3c2NC(=O)c2cc(-c3ccccc3O)n[nH]2)cc1F. The van der Waals surface area contributed by atoms with Gasteiger partial charge in [0.25, 0.3) is 5.91 Å². The molecule has 0 unspecified atom stereocenters. The van der Waals surface area contributed by atoms with E-state index in [9.17, 15) is 19.1 Å². The van der Waals surface area contributed by atoms with E-state index in [0.717, 1.165) is 6.07 Å². The van der Waals surface area contributed by atoms with Crippen molar-refractivity contribution in [2.24, 2.45) is 0 Å². The number of H-pyrrole nitrogens is 1. The summed E-state index contributed by atoms with van der Waals surface area (Å²) in [6, 6.07) is 19.1. The van der Waals surface area contributed by atoms with Crippen molar-refractivity contribution in [3.8, 4) is 17.0 Å². The quantitative estimate of drug-likeness (QED) is 0.305. The van der Waals surface area contributed by atoms with Gasteiger partial charge in [0.05, 0.1) is 11.4 Å². The number of nitrogens with zero attached hydrogens (tertiary/aromatic N) is 1. The third-order valence-corrected chi connectivity index (χ3v) is 5.48. The van der Waals surface area contributed by atoms with Crippen LogP contribution in [0.5, 0.6) is 5.75 Å². The van der Waals surface area contributed by atoms with Crippen LogP contribution in [0.2, 0.25) is 0 Å². The van der Waals surface area contributed by atoms with Gasteiger partial charge in [0.15, 0.2) is 5.76 Å². The number of aryl methyl sites for hydroxylation is 1. The highest BCUT2D eigenvalue weighted by Gasteiger charge is 2.25. The second kappa shape index (κ2) is 8.32. The fourth-order valence-electron chi connectivity index (χ4n) is 3.64. The Morgan fingerprint density at radius 1 is 1.03 bits per heavy atom. The molecule has 2 aromatic heterocycles. The van der Waals surface area contributed by atoms with Crippen molar-refractivity contribution < 1.29 is 23.5 Å². The molecule has 5 aromatic rings. The van der Waals surface area contributed by atoms with Gasteiger partial charge in [-0.15, -0.1) is 0 Å². The molecule has 168 valence electrons. The number of fused-ring (bicyclic) bond motifs is 1. The van der Waals surface area contributed by atoms with E-state index in [0.29, 0.717) is 27.8 Å². The lowest BCUT2D eigenvalue weighted by Crippen LogP contribution is -2.15. The summed E-state index contributed by atoms with van der Waals surface area (Å²) in [7, 11) is 0. The topological polar surface area (TPSA) is 108 Å². The summed E-state index contributed by atoms with van der Waals surface area (Å²) in [5, 5.41) is 20.0. The minimum absolute atomic E-state index is 0.0278. The predicted octanol–water partition coefficient (Wildman–Crippen LogP) is 5.46. The molecule has 0 aliphatic carbocycles. The highest BCUT2D eigenvalue weighted by atomic mass is 19.1. The van der Waals surface area contributed by atoms with E-state index in [1.54, 1.807) is 49.4 Å². The molecule has 3 N–H and O–H groups in total. The summed E-state index contributed by atoms with van der Waals surface area (Å²) < 4.78 is 19.8. The van der Waals surface area contributed by atoms with E-state index in [-0.39, 0.29) is 28.5 Å². The minimum Gasteiger partial charge on any atom is -0.507 e. The zero-order chi connectivity index (χ0) is 23.8. The summed E-state index contributed by atoms with van der Waals surface area (Å²) in [5.41, 5.74) is 2.03. The van der Waals surface area contributed by atoms with Crippen LogP contribution in [0.1, 0.15) is 32.2 Å². The van der Waals surface area contributed by atoms with E-state index in [2.05, 4.69) is 15.5 Å². The lowest BCUT2D eigenvalue weighted by Gasteiger charge is -2.06. The van der Waals surface area contributed by atoms with Crippen molar-refractivity contribution >= 4 is 28.3 Å². The van der Waals surface area contributed by atoms with Gasteiger partial charge in [0.2, 0.25) is 5.78 Å². The van der Waals surface area contributed by atoms with Gasteiger partial charge in [0, 0.05) is 16.5 Å². The maximum Gasteiger partial charge on any atom is 0.273 e. The Morgan fingerprint density at radius 2 is 1.79 bits per heavy atom. The Hall–Kier alpha value is -4.72. The van der Waals surface area contributed by atoms with Gasteiger partial charge < -0.3 is 14.8 Å². The highest BCUT2D eigenvalue weighted by Crippen LogP contribution is 2.33. The van der Waals surface area contributed by atoms with Gasteiger partial charge in [-0.3, -0.25) is 14.7 Å². The monoisotopic (exact) mass is 455 g/mol. The molecular weight excluding hydrogens is 437 g/mol. The summed E-state index contributed by atoms with van der Waals surface area (Å²) in [5.74, 6) is -1.73. The molecule has 34 heavy (non-hydrogen) atoms. The summed E-state index contributed by atoms with van der Waals surface area (Å²) in [4.78, 5) is 26.2. The van der Waals surface area contributed by atoms with Crippen LogP contribution in [-0.2, 0) is 0 Å². The molecule has 0 radical (unpaired) electrons. The van der Waals surface area contributed by atoms with Gasteiger partial charge in [-0.25, -0.2) is 4.39 Å². The lowest BCUT2D eigenvalue weighted by molar-refractivity contribution is 0.101. The molecule has 0 fully saturated rings. The van der Waals surface area contributed by atoms with Crippen LogP contribution in [0.3, 0.4) is 0 Å². The number of para-hydroxylation sites is 2. The number of furan rings is 1. The standard InChI is InChI=1S/C26H18FN3O4/c1-14-10-11-15(12-18(14)27)24(32)25-23(17-7-3-5-9-22(17)34-25)28-26(33)20-13-19(29-30-20)16-6-2-4-8-21(16)31/h2-13,31H,1H3,(H,28,33)(H,29,30). The van der Waals surface area contributed by atoms with Crippen molar-refractivity contribution in [1.82, 2.24) is 10.2 Å². The zero-order valence-electron chi connectivity index (χ0n) is 17.9. The van der Waals surface area contributed by atoms with E-state index in [1.807, 2.05) is 0 Å². The molecule has 1 amide bonds. The van der Waals surface area contributed by atoms with E-state index < -0.39 is 17.5 Å². The molecule has 3 aromatic carbocycles. The molecular formula is C26H18FN3O4. The van der Waals surface area contributed by atoms with Gasteiger partial charge >= 0.3 is 0 Å². The largest absolute Gasteiger partial charge is 0.507 e. The molecule has 0 spiro atoms. The maximum absolute atomic E-state index is 14.1. The van der Waals surface area contributed by atoms with Crippen LogP contribution in [0.4, 0.5) is 10.1 Å². The number of aromatic nitrogens is 2. The molecule has 2 heterocycles. The van der Waals surface area contributed by atoms with Crippen LogP contribution in [-0.4, -0.2) is 27.0 Å². The summed E-state index contributed by atoms with van der Waals surface area (Å²) >= 11 is 0. The minimum atomic E-state index is -0.565. The number of aromatic amines is 1. The Kier molecular flexibility index (Phi) is 5.18. The van der Waals surface area contributed by atoms with Crippen molar-refractivity contribution in [1.29, 1.82) is 0 Å². The number of aromatic hydroxyl groups is 1. The Morgan fingerprint density at radius 3 is 2.59 bits per heavy atom. The first kappa shape index (κ1) is 21.1. The van der Waals surface area contributed by atoms with Crippen LogP contribution in [0.25, 0.3) is 22.2 Å². The molecule has 0 aliphatic heterocycles. The van der Waals surface area contributed by atoms with Crippen LogP contribution < -0.4 is 5.32 Å². The average Bonchev–Trinajstić information content (AvgIpc) is 3.46.